The van der Waals surface area contributed by atoms with E-state index in [2.05, 4.69) is 22.4 Å². The fourth-order valence-electron chi connectivity index (χ4n) is 1.97. The minimum Gasteiger partial charge on any atom is -0.494 e. The van der Waals surface area contributed by atoms with Crippen molar-refractivity contribution in [2.24, 2.45) is 0 Å². The van der Waals surface area contributed by atoms with Crippen molar-refractivity contribution in [1.82, 2.24) is 10.3 Å². The molecule has 0 bridgehead atoms. The molecule has 1 aromatic carbocycles. The summed E-state index contributed by atoms with van der Waals surface area (Å²) in [7, 11) is 1.97. The Kier molecular flexibility index (Phi) is 5.70. The van der Waals surface area contributed by atoms with E-state index in [9.17, 15) is 0 Å². The van der Waals surface area contributed by atoms with E-state index in [4.69, 9.17) is 9.15 Å². The van der Waals surface area contributed by atoms with Gasteiger partial charge in [-0.2, -0.15) is 0 Å². The van der Waals surface area contributed by atoms with Crippen LogP contribution < -0.4 is 10.1 Å². The zero-order valence-electron chi connectivity index (χ0n) is 13.0. The van der Waals surface area contributed by atoms with Crippen molar-refractivity contribution in [2.45, 2.75) is 32.0 Å². The predicted molar refractivity (Wildman–Crippen MR) is 86.1 cm³/mol. The molecule has 0 radical (unpaired) electrons. The van der Waals surface area contributed by atoms with Gasteiger partial charge in [0.15, 0.2) is 0 Å². The summed E-state index contributed by atoms with van der Waals surface area (Å²) < 4.78 is 11.1. The lowest BCUT2D eigenvalue weighted by atomic mass is 10.1. The lowest BCUT2D eigenvalue weighted by Gasteiger charge is -2.15. The summed E-state index contributed by atoms with van der Waals surface area (Å²) in [5.74, 6) is 2.66. The summed E-state index contributed by atoms with van der Waals surface area (Å²) in [6.07, 6.45) is 0. The highest BCUT2D eigenvalue weighted by molar-refractivity contribution is 7.99. The minimum atomic E-state index is 0.248. The summed E-state index contributed by atoms with van der Waals surface area (Å²) in [6.45, 7) is 6.58. The topological polar surface area (TPSA) is 47.3 Å². The van der Waals surface area contributed by atoms with Gasteiger partial charge in [-0.25, -0.2) is 4.98 Å². The van der Waals surface area contributed by atoms with E-state index < -0.39 is 0 Å². The Hall–Kier alpha value is -1.46. The number of aromatic nitrogens is 1. The van der Waals surface area contributed by atoms with E-state index in [0.29, 0.717) is 6.61 Å². The Balaban J connectivity index is 1.98. The first-order valence-corrected chi connectivity index (χ1v) is 8.09. The van der Waals surface area contributed by atoms with Crippen LogP contribution in [0.25, 0.3) is 0 Å². The van der Waals surface area contributed by atoms with Gasteiger partial charge in [0, 0.05) is 11.8 Å². The molecule has 1 aromatic heterocycles. The Morgan fingerprint density at radius 1 is 1.29 bits per heavy atom. The van der Waals surface area contributed by atoms with Crippen LogP contribution in [-0.4, -0.2) is 24.4 Å². The molecular weight excluding hydrogens is 284 g/mol. The van der Waals surface area contributed by atoms with E-state index in [0.717, 1.165) is 28.2 Å². The van der Waals surface area contributed by atoms with Gasteiger partial charge in [-0.05, 0) is 45.5 Å². The molecule has 0 aliphatic carbocycles. The highest BCUT2D eigenvalue weighted by Crippen LogP contribution is 2.26. The average Bonchev–Trinajstić information content (AvgIpc) is 2.80. The van der Waals surface area contributed by atoms with Crippen LogP contribution >= 0.6 is 11.8 Å². The Morgan fingerprint density at radius 3 is 2.52 bits per heavy atom. The lowest BCUT2D eigenvalue weighted by molar-refractivity contribution is 0.340. The van der Waals surface area contributed by atoms with Crippen LogP contribution in [-0.2, 0) is 0 Å². The monoisotopic (exact) mass is 306 g/mol. The smallest absolute Gasteiger partial charge is 0.256 e. The van der Waals surface area contributed by atoms with Crippen molar-refractivity contribution in [1.29, 1.82) is 0 Å². The Bertz CT molecular complexity index is 547. The Morgan fingerprint density at radius 2 is 2.00 bits per heavy atom. The van der Waals surface area contributed by atoms with Crippen LogP contribution in [0.4, 0.5) is 0 Å². The molecule has 1 atom stereocenters. The van der Waals surface area contributed by atoms with Crippen molar-refractivity contribution in [3.05, 3.63) is 41.3 Å². The molecule has 114 valence electrons. The van der Waals surface area contributed by atoms with Gasteiger partial charge in [-0.15, -0.1) is 0 Å². The second kappa shape index (κ2) is 7.52. The molecule has 0 aliphatic heterocycles. The van der Waals surface area contributed by atoms with Gasteiger partial charge in [0.25, 0.3) is 5.22 Å². The van der Waals surface area contributed by atoms with Crippen LogP contribution in [0.3, 0.4) is 0 Å². The molecule has 1 unspecified atom stereocenters. The normalized spacial score (nSPS) is 12.4. The predicted octanol–water partition coefficient (Wildman–Crippen LogP) is 3.74. The number of hydrogen-bond acceptors (Lipinski definition) is 5. The molecule has 2 aromatic rings. The van der Waals surface area contributed by atoms with Gasteiger partial charge >= 0.3 is 0 Å². The lowest BCUT2D eigenvalue weighted by Crippen LogP contribution is -2.18. The summed E-state index contributed by atoms with van der Waals surface area (Å²) in [6, 6.07) is 8.45. The largest absolute Gasteiger partial charge is 0.494 e. The number of ether oxygens (including phenoxy) is 1. The van der Waals surface area contributed by atoms with Crippen molar-refractivity contribution in [3.8, 4) is 5.75 Å². The van der Waals surface area contributed by atoms with Crippen molar-refractivity contribution >= 4 is 11.8 Å². The van der Waals surface area contributed by atoms with Gasteiger partial charge in [-0.3, -0.25) is 0 Å². The standard InChI is InChI=1S/C16H22N2O2S/c1-5-19-14-8-6-13(7-9-14)15(17-4)10-21-16-18-11(2)12(3)20-16/h6-9,15,17H,5,10H2,1-4H3. The van der Waals surface area contributed by atoms with Crippen molar-refractivity contribution < 1.29 is 9.15 Å². The van der Waals surface area contributed by atoms with Gasteiger partial charge in [0.1, 0.15) is 11.5 Å². The van der Waals surface area contributed by atoms with Crippen LogP contribution in [0.5, 0.6) is 5.75 Å². The molecular formula is C16H22N2O2S. The van der Waals surface area contributed by atoms with Crippen LogP contribution in [0.1, 0.15) is 30.0 Å². The van der Waals surface area contributed by atoms with Crippen LogP contribution in [0.2, 0.25) is 0 Å². The van der Waals surface area contributed by atoms with Gasteiger partial charge < -0.3 is 14.5 Å². The fourth-order valence-corrected chi connectivity index (χ4v) is 3.02. The molecule has 1 heterocycles. The third-order valence-corrected chi connectivity index (χ3v) is 4.25. The maximum atomic E-state index is 5.60. The molecule has 0 saturated heterocycles. The number of benzene rings is 1. The summed E-state index contributed by atoms with van der Waals surface area (Å²) in [5, 5.41) is 4.06. The molecule has 0 fully saturated rings. The second-order valence-electron chi connectivity index (χ2n) is 4.78. The van der Waals surface area contributed by atoms with Crippen molar-refractivity contribution in [3.63, 3.8) is 0 Å². The van der Waals surface area contributed by atoms with E-state index >= 15 is 0 Å². The SMILES string of the molecule is CCOc1ccc(C(CSc2nc(C)c(C)o2)NC)cc1. The molecule has 1 N–H and O–H groups in total. The maximum absolute atomic E-state index is 5.60. The average molecular weight is 306 g/mol. The van der Waals surface area contributed by atoms with Gasteiger partial charge in [-0.1, -0.05) is 23.9 Å². The first kappa shape index (κ1) is 15.9. The Labute approximate surface area is 130 Å². The molecule has 5 heteroatoms. The first-order valence-electron chi connectivity index (χ1n) is 7.11. The highest BCUT2D eigenvalue weighted by atomic mass is 32.2. The number of nitrogens with one attached hydrogen (secondary N) is 1. The van der Waals surface area contributed by atoms with E-state index in [1.54, 1.807) is 11.8 Å². The van der Waals surface area contributed by atoms with Crippen LogP contribution in [0.15, 0.2) is 33.9 Å². The third kappa shape index (κ3) is 4.25. The van der Waals surface area contributed by atoms with E-state index in [1.807, 2.05) is 40.0 Å². The number of hydrogen-bond donors (Lipinski definition) is 1. The van der Waals surface area contributed by atoms with Crippen LogP contribution in [0, 0.1) is 13.8 Å². The minimum absolute atomic E-state index is 0.248. The highest BCUT2D eigenvalue weighted by Gasteiger charge is 2.13. The number of nitrogens with zero attached hydrogens (tertiary/aromatic N) is 1. The van der Waals surface area contributed by atoms with E-state index in [1.165, 1.54) is 5.56 Å². The van der Waals surface area contributed by atoms with Gasteiger partial charge in [0.05, 0.1) is 12.3 Å². The van der Waals surface area contributed by atoms with Crippen molar-refractivity contribution in [2.75, 3.05) is 19.4 Å². The zero-order valence-corrected chi connectivity index (χ0v) is 13.8. The number of aryl methyl sites for hydroxylation is 2. The molecule has 0 aliphatic rings. The number of rotatable bonds is 7. The zero-order chi connectivity index (χ0) is 15.2. The van der Waals surface area contributed by atoms with Gasteiger partial charge in [0.2, 0.25) is 0 Å². The number of oxazole rings is 1. The second-order valence-corrected chi connectivity index (χ2v) is 5.75. The summed E-state index contributed by atoms with van der Waals surface area (Å²) in [5.41, 5.74) is 2.19. The summed E-state index contributed by atoms with van der Waals surface area (Å²) in [4.78, 5) is 4.40. The van der Waals surface area contributed by atoms with E-state index in [-0.39, 0.29) is 6.04 Å². The summed E-state index contributed by atoms with van der Waals surface area (Å²) >= 11 is 1.63. The maximum Gasteiger partial charge on any atom is 0.256 e. The molecule has 4 nitrogen and oxygen atoms in total. The fraction of sp³-hybridized carbons (Fsp3) is 0.438. The molecule has 0 spiro atoms. The quantitative estimate of drug-likeness (QED) is 0.790. The third-order valence-electron chi connectivity index (χ3n) is 3.32. The first-order chi connectivity index (χ1) is 10.1. The molecule has 2 rings (SSSR count). The molecule has 0 saturated carbocycles. The molecule has 0 amide bonds. The number of thioether (sulfide) groups is 1. The molecule has 21 heavy (non-hydrogen) atoms.